The van der Waals surface area contributed by atoms with Gasteiger partial charge in [0, 0.05) is 12.1 Å². The lowest BCUT2D eigenvalue weighted by molar-refractivity contribution is -0.946. The van der Waals surface area contributed by atoms with Crippen molar-refractivity contribution in [3.63, 3.8) is 0 Å². The van der Waals surface area contributed by atoms with E-state index in [-0.39, 0.29) is 32.8 Å². The molecule has 0 saturated heterocycles. The predicted molar refractivity (Wildman–Crippen MR) is 166 cm³/mol. The molecule has 244 valence electrons. The van der Waals surface area contributed by atoms with Crippen molar-refractivity contribution in [2.24, 2.45) is 11.1 Å². The third-order valence-corrected chi connectivity index (χ3v) is 9.74. The van der Waals surface area contributed by atoms with Crippen LogP contribution in [0.1, 0.15) is 37.0 Å². The summed E-state index contributed by atoms with van der Waals surface area (Å²) in [5.74, 6) is 1.42. The van der Waals surface area contributed by atoms with Gasteiger partial charge in [0.1, 0.15) is 18.0 Å². The summed E-state index contributed by atoms with van der Waals surface area (Å²) in [6.07, 6.45) is 0.542. The van der Waals surface area contributed by atoms with Crippen molar-refractivity contribution in [3.05, 3.63) is 83.9 Å². The van der Waals surface area contributed by atoms with Crippen LogP contribution < -0.4 is 10.5 Å². The lowest BCUT2D eigenvalue weighted by atomic mass is 10.0. The van der Waals surface area contributed by atoms with Gasteiger partial charge in [-0.15, -0.1) is 5.10 Å². The number of alkyl halides is 1. The number of benzene rings is 2. The molecule has 12 nitrogen and oxygen atoms in total. The third-order valence-electron chi connectivity index (χ3n) is 7.49. The smallest absolute Gasteiger partial charge is 0.301 e. The number of sulfonamides is 1. The van der Waals surface area contributed by atoms with Crippen molar-refractivity contribution in [2.75, 3.05) is 27.3 Å². The minimum absolute atomic E-state index is 0.0214. The fourth-order valence-electron chi connectivity index (χ4n) is 4.71. The second-order valence-corrected chi connectivity index (χ2v) is 15.0. The van der Waals surface area contributed by atoms with Gasteiger partial charge in [0.2, 0.25) is 16.3 Å². The van der Waals surface area contributed by atoms with Gasteiger partial charge in [0.05, 0.1) is 42.7 Å². The molecule has 3 N–H and O–H groups in total. The molecule has 4 aromatic rings. The molecule has 2 atom stereocenters. The summed E-state index contributed by atoms with van der Waals surface area (Å²) in [6, 6.07) is 15.9. The topological polar surface area (TPSA) is 159 Å². The fourth-order valence-corrected chi connectivity index (χ4v) is 6.38. The quantitative estimate of drug-likeness (QED) is 0.110. The van der Waals surface area contributed by atoms with Crippen LogP contribution in [0.15, 0.2) is 81.1 Å². The molecule has 0 fully saturated rings. The largest absolute Gasteiger partial charge is 0.459 e. The van der Waals surface area contributed by atoms with Crippen LogP contribution in [-0.2, 0) is 37.4 Å². The molecular weight excluding hydrogens is 623 g/mol. The number of nitrogens with zero attached hydrogens (tertiary/aromatic N) is 4. The molecule has 2 aromatic carbocycles. The van der Waals surface area contributed by atoms with Crippen LogP contribution in [0.2, 0.25) is 0 Å². The van der Waals surface area contributed by atoms with Gasteiger partial charge in [0.15, 0.2) is 12.4 Å². The Kier molecular flexibility index (Phi) is 10.6. The van der Waals surface area contributed by atoms with Crippen molar-refractivity contribution < 1.29 is 34.3 Å². The van der Waals surface area contributed by atoms with Gasteiger partial charge in [-0.05, 0) is 49.2 Å². The van der Waals surface area contributed by atoms with Gasteiger partial charge < -0.3 is 9.73 Å². The van der Waals surface area contributed by atoms with Crippen molar-refractivity contribution in [2.45, 2.75) is 55.9 Å². The predicted octanol–water partition coefficient (Wildman–Crippen LogP) is 3.76. The second-order valence-electron chi connectivity index (χ2n) is 11.9. The summed E-state index contributed by atoms with van der Waals surface area (Å²) >= 11 is 0. The van der Waals surface area contributed by atoms with E-state index in [0.29, 0.717) is 35.9 Å². The zero-order valence-electron chi connectivity index (χ0n) is 25.9. The zero-order chi connectivity index (χ0) is 33.0. The summed E-state index contributed by atoms with van der Waals surface area (Å²) in [4.78, 5) is -0.00774. The minimum Gasteiger partial charge on any atom is -0.459 e. The van der Waals surface area contributed by atoms with E-state index in [4.69, 9.17) is 13.7 Å². The van der Waals surface area contributed by atoms with Gasteiger partial charge in [0.25, 0.3) is 0 Å². The molecule has 45 heavy (non-hydrogen) atoms. The molecule has 0 radical (unpaired) electrons. The highest BCUT2D eigenvalue weighted by Gasteiger charge is 2.36. The highest BCUT2D eigenvalue weighted by Crippen LogP contribution is 2.24. The maximum absolute atomic E-state index is 14.1. The lowest BCUT2D eigenvalue weighted by Crippen LogP contribution is -2.51. The molecule has 0 aliphatic rings. The van der Waals surface area contributed by atoms with Gasteiger partial charge >= 0.3 is 10.1 Å². The van der Waals surface area contributed by atoms with E-state index in [1.165, 1.54) is 24.3 Å². The van der Waals surface area contributed by atoms with Crippen LogP contribution in [0.4, 0.5) is 4.39 Å². The van der Waals surface area contributed by atoms with Crippen LogP contribution >= 0.6 is 0 Å². The van der Waals surface area contributed by atoms with Crippen LogP contribution in [0.5, 0.6) is 0 Å². The molecule has 4 rings (SSSR count). The monoisotopic (exact) mass is 663 g/mol. The Morgan fingerprint density at radius 3 is 2.20 bits per heavy atom. The molecule has 0 aliphatic carbocycles. The van der Waals surface area contributed by atoms with Crippen LogP contribution in [0.25, 0.3) is 11.3 Å². The standard InChI is InChI=1S/C30H40FN6O6S2/c1-21(2)29(36-19-28(34-35-36)23-8-14-26(15-9-23)44(32,38)39)18-33-17-24-10-11-25(42-24)20-37(4,5)30(16-31)43-45(40,41)27-12-6-22(3)7-13-27/h6-15,19,21,29-30,33H,16-18,20H2,1-5H3,(H2,32,38,39)/q+1/t29?,30-/m0/s1. The van der Waals surface area contributed by atoms with Gasteiger partial charge in [-0.25, -0.2) is 26.8 Å². The van der Waals surface area contributed by atoms with E-state index < -0.39 is 33.0 Å². The Labute approximate surface area is 263 Å². The Hall–Kier alpha value is -3.47. The number of aromatic nitrogens is 3. The van der Waals surface area contributed by atoms with Gasteiger partial charge in [-0.1, -0.05) is 48.9 Å². The highest BCUT2D eigenvalue weighted by atomic mass is 32.2. The number of hydrogen-bond acceptors (Lipinski definition) is 9. The van der Waals surface area contributed by atoms with E-state index in [1.54, 1.807) is 49.1 Å². The molecule has 0 bridgehead atoms. The van der Waals surface area contributed by atoms with Crippen LogP contribution in [0, 0.1) is 12.8 Å². The molecule has 1 unspecified atom stereocenters. The number of nitrogens with two attached hydrogens (primary N) is 1. The summed E-state index contributed by atoms with van der Waals surface area (Å²) in [6.45, 7) is 6.15. The highest BCUT2D eigenvalue weighted by molar-refractivity contribution is 7.89. The van der Waals surface area contributed by atoms with E-state index in [1.807, 2.05) is 19.2 Å². The Morgan fingerprint density at radius 2 is 1.60 bits per heavy atom. The van der Waals surface area contributed by atoms with Crippen molar-refractivity contribution in [1.82, 2.24) is 20.3 Å². The van der Waals surface area contributed by atoms with Crippen molar-refractivity contribution in [1.29, 1.82) is 0 Å². The second kappa shape index (κ2) is 13.9. The van der Waals surface area contributed by atoms with E-state index in [9.17, 15) is 21.2 Å². The summed E-state index contributed by atoms with van der Waals surface area (Å²) < 4.78 is 75.8. The number of primary sulfonamides is 1. The molecule has 2 heterocycles. The van der Waals surface area contributed by atoms with E-state index >= 15 is 0 Å². The van der Waals surface area contributed by atoms with E-state index in [0.717, 1.165) is 5.56 Å². The molecule has 0 aliphatic heterocycles. The first kappa shape index (κ1) is 34.4. The lowest BCUT2D eigenvalue weighted by Gasteiger charge is -2.34. The molecule has 15 heteroatoms. The average molecular weight is 664 g/mol. The molecule has 2 aromatic heterocycles. The number of halogens is 1. The number of rotatable bonds is 15. The van der Waals surface area contributed by atoms with Gasteiger partial charge in [-0.3, -0.25) is 4.48 Å². The first-order valence-corrected chi connectivity index (χ1v) is 17.3. The summed E-state index contributed by atoms with van der Waals surface area (Å²) in [5, 5.41) is 17.1. The van der Waals surface area contributed by atoms with Crippen molar-refractivity contribution in [3.8, 4) is 11.3 Å². The number of aryl methyl sites for hydroxylation is 1. The summed E-state index contributed by atoms with van der Waals surface area (Å²) in [5.41, 5.74) is 2.21. The minimum atomic E-state index is -4.16. The Bertz CT molecular complexity index is 1790. The number of furan rings is 1. The maximum Gasteiger partial charge on any atom is 0.301 e. The van der Waals surface area contributed by atoms with Crippen LogP contribution in [0.3, 0.4) is 0 Å². The van der Waals surface area contributed by atoms with Crippen LogP contribution in [-0.4, -0.2) is 69.9 Å². The average Bonchev–Trinajstić information content (AvgIpc) is 3.63. The third kappa shape index (κ3) is 8.83. The Morgan fingerprint density at radius 1 is 0.978 bits per heavy atom. The maximum atomic E-state index is 14.1. The Balaban J connectivity index is 1.35. The first-order valence-electron chi connectivity index (χ1n) is 14.3. The number of hydrogen-bond donors (Lipinski definition) is 2. The normalized spacial score (nSPS) is 14.1. The summed E-state index contributed by atoms with van der Waals surface area (Å²) in [7, 11) is -4.58. The molecule has 0 saturated carbocycles. The first-order chi connectivity index (χ1) is 21.1. The number of quaternary nitrogens is 1. The molecule has 0 spiro atoms. The SMILES string of the molecule is Cc1ccc(S(=O)(=O)O[C@@H](CF)[N+](C)(C)Cc2ccc(CNCC(C(C)C)n3cc(-c4ccc(S(N)(=O)=O)cc4)nn3)o2)cc1. The van der Waals surface area contributed by atoms with E-state index in [2.05, 4.69) is 29.5 Å². The molecule has 0 amide bonds. The van der Waals surface area contributed by atoms with Gasteiger partial charge in [-0.2, -0.15) is 8.42 Å². The molecular formula is C30H40FN6O6S2+. The fraction of sp³-hybridized carbons (Fsp3) is 0.400. The zero-order valence-corrected chi connectivity index (χ0v) is 27.6. The van der Waals surface area contributed by atoms with Crippen molar-refractivity contribution >= 4 is 20.1 Å². The number of nitrogens with one attached hydrogen (secondary N) is 1.